The number of hydrogen-bond acceptors (Lipinski definition) is 9. The maximum Gasteiger partial charge on any atom is 0.435 e. The van der Waals surface area contributed by atoms with Crippen LogP contribution in [0.2, 0.25) is 5.02 Å². The van der Waals surface area contributed by atoms with Crippen LogP contribution in [0.3, 0.4) is 0 Å². The topological polar surface area (TPSA) is 167 Å². The van der Waals surface area contributed by atoms with Gasteiger partial charge in [-0.15, -0.1) is 0 Å². The van der Waals surface area contributed by atoms with Gasteiger partial charge in [-0.3, -0.25) is 18.4 Å². The van der Waals surface area contributed by atoms with E-state index in [4.69, 9.17) is 22.1 Å². The number of pyridine rings is 1. The summed E-state index contributed by atoms with van der Waals surface area (Å²) in [6.45, 7) is -0.636. The zero-order chi connectivity index (χ0) is 49.6. The molecule has 1 aliphatic rings. The number of benzene rings is 2. The number of anilines is 1. The highest BCUT2D eigenvalue weighted by Crippen LogP contribution is 2.47. The van der Waals surface area contributed by atoms with E-state index in [2.05, 4.69) is 32.3 Å². The molecular weight excluding hydrogens is 974 g/mol. The summed E-state index contributed by atoms with van der Waals surface area (Å²) in [6.07, 6.45) is -11.5. The van der Waals surface area contributed by atoms with E-state index in [0.717, 1.165) is 18.4 Å². The van der Waals surface area contributed by atoms with E-state index in [-0.39, 0.29) is 49.7 Å². The van der Waals surface area contributed by atoms with Gasteiger partial charge in [0.1, 0.15) is 58.5 Å². The third-order valence-electron chi connectivity index (χ3n) is 10.2. The van der Waals surface area contributed by atoms with Crippen LogP contribution in [-0.4, -0.2) is 81.5 Å². The van der Waals surface area contributed by atoms with E-state index >= 15 is 8.78 Å². The van der Waals surface area contributed by atoms with E-state index in [1.54, 1.807) is 0 Å². The number of hydrogen-bond donors (Lipinski definition) is 2. The Morgan fingerprint density at radius 1 is 1.00 bits per heavy atom. The third kappa shape index (κ3) is 11.2. The Morgan fingerprint density at radius 3 is 2.25 bits per heavy atom. The van der Waals surface area contributed by atoms with Crippen molar-refractivity contribution in [3.63, 3.8) is 0 Å². The molecule has 3 unspecified atom stereocenters. The maximum atomic E-state index is 15.1. The Morgan fingerprint density at radius 2 is 1.66 bits per heavy atom. The molecule has 26 heteroatoms. The number of fused-ring (bicyclic) bond motifs is 2. The molecule has 2 aromatic carbocycles. The lowest BCUT2D eigenvalue weighted by atomic mass is 9.93. The summed E-state index contributed by atoms with van der Waals surface area (Å²) in [6, 6.07) is 5.47. The summed E-state index contributed by atoms with van der Waals surface area (Å²) in [5.41, 5.74) is 0.319. The van der Waals surface area contributed by atoms with E-state index in [0.29, 0.717) is 15.1 Å². The zero-order valence-corrected chi connectivity index (χ0v) is 37.7. The van der Waals surface area contributed by atoms with Crippen LogP contribution in [0.1, 0.15) is 60.2 Å². The molecule has 6 rings (SSSR count). The molecule has 0 radical (unpaired) electrons. The quantitative estimate of drug-likeness (QED) is 0.0890. The second-order valence-corrected chi connectivity index (χ2v) is 19.1. The van der Waals surface area contributed by atoms with Crippen LogP contribution in [0, 0.1) is 23.5 Å². The number of nitrogens with one attached hydrogen (secondary N) is 1. The van der Waals surface area contributed by atoms with Crippen molar-refractivity contribution in [3.8, 4) is 23.0 Å². The number of nitrogens with two attached hydrogens (primary N) is 1. The largest absolute Gasteiger partial charge is 0.447 e. The van der Waals surface area contributed by atoms with Crippen LogP contribution in [0.4, 0.5) is 54.5 Å². The molecule has 2 amide bonds. The summed E-state index contributed by atoms with van der Waals surface area (Å²) in [5, 5.41) is 9.10. The number of carbonyl (C=O) groups is 2. The smallest absolute Gasteiger partial charge is 0.435 e. The van der Waals surface area contributed by atoms with Gasteiger partial charge >= 0.3 is 18.4 Å². The number of rotatable bonds is 13. The van der Waals surface area contributed by atoms with Gasteiger partial charge in [-0.25, -0.2) is 22.8 Å². The number of carbonyl (C=O) groups excluding carboxylic acids is 2. The molecular formula is C41H37ClF10N8O5S2. The van der Waals surface area contributed by atoms with Crippen molar-refractivity contribution < 1.29 is 66.6 Å². The Labute approximate surface area is 384 Å². The second-order valence-electron chi connectivity index (χ2n) is 15.5. The molecule has 0 spiro atoms. The van der Waals surface area contributed by atoms with Crippen molar-refractivity contribution in [2.45, 2.75) is 75.3 Å². The minimum atomic E-state index is -5.19. The monoisotopic (exact) mass is 1010 g/mol. The Hall–Kier alpha value is -5.58. The van der Waals surface area contributed by atoms with Gasteiger partial charge in [0.25, 0.3) is 5.92 Å². The third-order valence-corrected chi connectivity index (χ3v) is 12.9. The highest BCUT2D eigenvalue weighted by atomic mass is 35.5. The predicted octanol–water partition coefficient (Wildman–Crippen LogP) is 7.65. The second kappa shape index (κ2) is 19.2. The lowest BCUT2D eigenvalue weighted by molar-refractivity contribution is -0.142. The molecule has 3 N–H and O–H groups in total. The van der Waals surface area contributed by atoms with Crippen molar-refractivity contribution in [2.75, 3.05) is 30.0 Å². The van der Waals surface area contributed by atoms with E-state index in [9.17, 15) is 53.1 Å². The highest BCUT2D eigenvalue weighted by Gasteiger charge is 2.50. The first-order chi connectivity index (χ1) is 31.1. The summed E-state index contributed by atoms with van der Waals surface area (Å²) in [7, 11) is -3.92. The van der Waals surface area contributed by atoms with E-state index in [1.807, 2.05) is 0 Å². The van der Waals surface area contributed by atoms with Gasteiger partial charge in [0, 0.05) is 59.0 Å². The Bertz CT molecular complexity index is 2860. The fourth-order valence-corrected chi connectivity index (χ4v) is 8.26. The van der Waals surface area contributed by atoms with Crippen molar-refractivity contribution in [3.05, 3.63) is 93.0 Å². The first kappa shape index (κ1) is 50.8. The average Bonchev–Trinajstić information content (AvgIpc) is 3.86. The van der Waals surface area contributed by atoms with Gasteiger partial charge < -0.3 is 15.8 Å². The van der Waals surface area contributed by atoms with Crippen molar-refractivity contribution in [1.82, 2.24) is 29.9 Å². The van der Waals surface area contributed by atoms with Gasteiger partial charge in [-0.1, -0.05) is 23.6 Å². The van der Waals surface area contributed by atoms with Crippen LogP contribution in [0.15, 0.2) is 42.5 Å². The predicted molar refractivity (Wildman–Crippen MR) is 226 cm³/mol. The summed E-state index contributed by atoms with van der Waals surface area (Å²) < 4.78 is 175. The molecule has 1 aliphatic carbocycles. The number of alkyl halides is 8. The van der Waals surface area contributed by atoms with Gasteiger partial charge in [0.2, 0.25) is 5.91 Å². The minimum absolute atomic E-state index is 0.133. The number of aromatic nitrogens is 5. The number of nitrogens with zero attached hydrogens (tertiary/aromatic N) is 6. The average molecular weight is 1010 g/mol. The van der Waals surface area contributed by atoms with Crippen LogP contribution in [0.5, 0.6) is 0 Å². The maximum absolute atomic E-state index is 15.1. The standard InChI is InChI=1S/C41H37ClF10N8O5S2/c1-38(2,66(3)63)11-9-24-5-6-25(26-7-8-28(42)31-33(26)59(20-40(47,48)49)57-36(31)60(67(4)64)37(62)65-14-13-53)32(54-24)29(17-21-15-22(43)18-23(44)16-21)55-30(61)19-58-35-27(10-12-39(35,45)46)34(56-58)41(50,51)52/h5-8,15-16,18,29H,10,12-14,17,19-20,53H2,1-4H3,(H,55,61). The van der Waals surface area contributed by atoms with Crippen LogP contribution in [0.25, 0.3) is 22.0 Å². The molecule has 0 saturated heterocycles. The number of ether oxygens (including phenoxy) is 1. The van der Waals surface area contributed by atoms with Gasteiger partial charge in [0.15, 0.2) is 11.5 Å². The molecule has 0 bridgehead atoms. The molecule has 0 aliphatic heterocycles. The first-order valence-corrected chi connectivity index (χ1v) is 23.0. The molecule has 3 aromatic heterocycles. The van der Waals surface area contributed by atoms with E-state index in [1.165, 1.54) is 44.4 Å². The number of halogens is 11. The van der Waals surface area contributed by atoms with Crippen LogP contribution < -0.4 is 15.4 Å². The van der Waals surface area contributed by atoms with Crippen molar-refractivity contribution in [2.24, 2.45) is 5.73 Å². The minimum Gasteiger partial charge on any atom is -0.447 e. The molecule has 360 valence electrons. The molecule has 13 nitrogen and oxygen atoms in total. The molecule has 5 aromatic rings. The molecule has 0 fully saturated rings. The molecule has 67 heavy (non-hydrogen) atoms. The summed E-state index contributed by atoms with van der Waals surface area (Å²) in [4.78, 5) is 31.8. The SMILES string of the molecule is CS(=O)N(C(=O)OCCN)c1nn(CC(F)(F)F)c2c(-c3ccc(C#CC(C)(C)S(C)=O)nc3C(Cc3cc(F)cc(F)c3)NC(=O)Cn3nc(C(F)(F)F)c4c3C(F)(F)CC4)ccc(Cl)c12. The van der Waals surface area contributed by atoms with Gasteiger partial charge in [0.05, 0.1) is 27.7 Å². The lowest BCUT2D eigenvalue weighted by Gasteiger charge is -2.23. The van der Waals surface area contributed by atoms with Crippen LogP contribution in [-0.2, 0) is 69.3 Å². The molecule has 3 heterocycles. The fraction of sp³-hybridized carbons (Fsp3) is 0.390. The van der Waals surface area contributed by atoms with Crippen LogP contribution >= 0.6 is 11.6 Å². The lowest BCUT2D eigenvalue weighted by Crippen LogP contribution is -2.35. The zero-order valence-electron chi connectivity index (χ0n) is 35.3. The highest BCUT2D eigenvalue weighted by molar-refractivity contribution is 7.86. The molecule has 3 atom stereocenters. The van der Waals surface area contributed by atoms with Crippen molar-refractivity contribution >= 4 is 62.1 Å². The fourth-order valence-electron chi connectivity index (χ4n) is 7.19. The summed E-state index contributed by atoms with van der Waals surface area (Å²) in [5.74, 6) is -2.43. The Kier molecular flexibility index (Phi) is 14.6. The van der Waals surface area contributed by atoms with E-state index < -0.39 is 142 Å². The normalized spacial score (nSPS) is 15.1. The van der Waals surface area contributed by atoms with Gasteiger partial charge in [-0.2, -0.15) is 49.6 Å². The summed E-state index contributed by atoms with van der Waals surface area (Å²) >= 11 is 6.62. The van der Waals surface area contributed by atoms with Crippen molar-refractivity contribution in [1.29, 1.82) is 0 Å². The number of amides is 2. The Balaban J connectivity index is 1.63. The molecule has 0 saturated carbocycles. The first-order valence-electron chi connectivity index (χ1n) is 19.6. The van der Waals surface area contributed by atoms with Gasteiger partial charge in [-0.05, 0) is 68.5 Å².